The molecule has 7 rings (SSSR count). The summed E-state index contributed by atoms with van der Waals surface area (Å²) in [6, 6.07) is 5.98. The lowest BCUT2D eigenvalue weighted by molar-refractivity contribution is -0.158. The second kappa shape index (κ2) is 6.43. The Hall–Kier alpha value is -1.13. The van der Waals surface area contributed by atoms with Crippen molar-refractivity contribution >= 4 is 39.1 Å². The van der Waals surface area contributed by atoms with Gasteiger partial charge in [0.2, 0.25) is 5.91 Å². The summed E-state index contributed by atoms with van der Waals surface area (Å²) >= 11 is 7.91. The molecule has 1 aliphatic heterocycles. The Kier molecular flexibility index (Phi) is 4.07. The summed E-state index contributed by atoms with van der Waals surface area (Å²) in [5.41, 5.74) is 1.02. The highest BCUT2D eigenvalue weighted by molar-refractivity contribution is 7.18. The minimum Gasteiger partial charge on any atom is -0.342 e. The molecule has 0 spiro atoms. The van der Waals surface area contributed by atoms with E-state index in [1.165, 1.54) is 48.2 Å². The zero-order valence-corrected chi connectivity index (χ0v) is 17.8. The fourth-order valence-corrected chi connectivity index (χ4v) is 8.41. The van der Waals surface area contributed by atoms with Crippen LogP contribution >= 0.6 is 22.9 Å². The summed E-state index contributed by atoms with van der Waals surface area (Å²) in [6.07, 6.45) is 9.82. The number of fused-ring (bicyclic) bond motifs is 1. The molecule has 148 valence electrons. The molecule has 0 radical (unpaired) electrons. The minimum absolute atomic E-state index is 0.00813. The number of benzene rings is 1. The maximum absolute atomic E-state index is 13.6. The first-order valence-electron chi connectivity index (χ1n) is 10.9. The van der Waals surface area contributed by atoms with Crippen molar-refractivity contribution in [2.45, 2.75) is 57.3 Å². The van der Waals surface area contributed by atoms with Crippen molar-refractivity contribution in [3.8, 4) is 0 Å². The number of hydrogen-bond donors (Lipinski definition) is 0. The molecule has 5 aliphatic rings. The maximum atomic E-state index is 13.6. The topological polar surface area (TPSA) is 33.2 Å². The van der Waals surface area contributed by atoms with Gasteiger partial charge in [0.1, 0.15) is 0 Å². The first-order valence-corrected chi connectivity index (χ1v) is 12.1. The second-order valence-corrected chi connectivity index (χ2v) is 11.4. The standard InChI is InChI=1S/C23H27ClN2OS/c24-18-1-2-20-19(10-18)25-21(28-20)17-3-5-26(6-4-17)22(27)23-11-14-7-15(12-23)9-16(8-14)13-23/h1-2,10,14-17H,3-9,11-13H2. The molecule has 4 aliphatic carbocycles. The zero-order chi connectivity index (χ0) is 18.9. The number of halogens is 1. The van der Waals surface area contributed by atoms with Crippen LogP contribution in [0.15, 0.2) is 18.2 Å². The van der Waals surface area contributed by atoms with Gasteiger partial charge < -0.3 is 4.90 Å². The number of piperidine rings is 1. The normalized spacial score (nSPS) is 35.0. The Labute approximate surface area is 175 Å². The summed E-state index contributed by atoms with van der Waals surface area (Å²) in [4.78, 5) is 20.6. The lowest BCUT2D eigenvalue weighted by atomic mass is 9.49. The highest BCUT2D eigenvalue weighted by atomic mass is 35.5. The molecule has 4 saturated carbocycles. The lowest BCUT2D eigenvalue weighted by Crippen LogP contribution is -2.55. The van der Waals surface area contributed by atoms with Gasteiger partial charge in [0, 0.05) is 24.0 Å². The van der Waals surface area contributed by atoms with Gasteiger partial charge in [-0.05, 0) is 87.3 Å². The molecule has 3 nitrogen and oxygen atoms in total. The number of amides is 1. The van der Waals surface area contributed by atoms with Crippen LogP contribution in [0.1, 0.15) is 62.3 Å². The smallest absolute Gasteiger partial charge is 0.228 e. The molecule has 1 aromatic heterocycles. The van der Waals surface area contributed by atoms with E-state index in [0.717, 1.165) is 54.2 Å². The average Bonchev–Trinajstić information content (AvgIpc) is 3.09. The SMILES string of the molecule is O=C(N1CCC(c2nc3cc(Cl)ccc3s2)CC1)C12CC3CC(CC(C3)C1)C2. The third kappa shape index (κ3) is 2.82. The minimum atomic E-state index is 0.00813. The van der Waals surface area contributed by atoms with E-state index in [0.29, 0.717) is 11.8 Å². The number of thiazole rings is 1. The number of nitrogens with zero attached hydrogens (tertiary/aromatic N) is 2. The van der Waals surface area contributed by atoms with Crippen LogP contribution in [-0.2, 0) is 4.79 Å². The van der Waals surface area contributed by atoms with E-state index in [4.69, 9.17) is 16.6 Å². The van der Waals surface area contributed by atoms with Crippen molar-refractivity contribution in [1.82, 2.24) is 9.88 Å². The number of hydrogen-bond acceptors (Lipinski definition) is 3. The van der Waals surface area contributed by atoms with Crippen LogP contribution in [0, 0.1) is 23.2 Å². The summed E-state index contributed by atoms with van der Waals surface area (Å²) < 4.78 is 1.21. The van der Waals surface area contributed by atoms with Crippen LogP contribution in [0.5, 0.6) is 0 Å². The Balaban J connectivity index is 1.16. The van der Waals surface area contributed by atoms with Crippen LogP contribution in [0.25, 0.3) is 10.2 Å². The summed E-state index contributed by atoms with van der Waals surface area (Å²) in [7, 11) is 0. The number of aromatic nitrogens is 1. The largest absolute Gasteiger partial charge is 0.342 e. The zero-order valence-electron chi connectivity index (χ0n) is 16.2. The van der Waals surface area contributed by atoms with Crippen LogP contribution in [0.4, 0.5) is 0 Å². The first kappa shape index (κ1) is 17.7. The number of likely N-dealkylation sites (tertiary alicyclic amines) is 1. The Morgan fingerprint density at radius 1 is 1.07 bits per heavy atom. The number of carbonyl (C=O) groups is 1. The summed E-state index contributed by atoms with van der Waals surface area (Å²) in [5.74, 6) is 3.49. The van der Waals surface area contributed by atoms with Crippen LogP contribution in [0.3, 0.4) is 0 Å². The molecule has 0 N–H and O–H groups in total. The van der Waals surface area contributed by atoms with Crippen molar-refractivity contribution in [3.05, 3.63) is 28.2 Å². The summed E-state index contributed by atoms with van der Waals surface area (Å²) in [6.45, 7) is 1.81. The van der Waals surface area contributed by atoms with Crippen molar-refractivity contribution in [2.24, 2.45) is 23.2 Å². The Bertz CT molecular complexity index is 895. The fraction of sp³-hybridized carbons (Fsp3) is 0.652. The fourth-order valence-electron chi connectivity index (χ4n) is 7.13. The van der Waals surface area contributed by atoms with Gasteiger partial charge in [0.15, 0.2) is 0 Å². The highest BCUT2D eigenvalue weighted by Crippen LogP contribution is 2.60. The first-order chi connectivity index (χ1) is 13.6. The van der Waals surface area contributed by atoms with Gasteiger partial charge in [-0.2, -0.15) is 0 Å². The summed E-state index contributed by atoms with van der Waals surface area (Å²) in [5, 5.41) is 1.97. The van der Waals surface area contributed by atoms with Crippen LogP contribution < -0.4 is 0 Å². The molecular weight excluding hydrogens is 388 g/mol. The van der Waals surface area contributed by atoms with Crippen LogP contribution in [-0.4, -0.2) is 28.9 Å². The van der Waals surface area contributed by atoms with Crippen LogP contribution in [0.2, 0.25) is 5.02 Å². The molecule has 2 heterocycles. The van der Waals surface area contributed by atoms with Crippen molar-refractivity contribution < 1.29 is 4.79 Å². The molecule has 5 fully saturated rings. The molecule has 1 saturated heterocycles. The molecule has 2 aromatic rings. The van der Waals surface area contributed by atoms with Gasteiger partial charge in [-0.15, -0.1) is 11.3 Å². The lowest BCUT2D eigenvalue weighted by Gasteiger charge is -2.57. The van der Waals surface area contributed by atoms with Gasteiger partial charge in [-0.25, -0.2) is 4.98 Å². The van der Waals surface area contributed by atoms with Crippen molar-refractivity contribution in [3.63, 3.8) is 0 Å². The van der Waals surface area contributed by atoms with Gasteiger partial charge in [0.05, 0.1) is 20.6 Å². The third-order valence-electron chi connectivity index (χ3n) is 7.99. The van der Waals surface area contributed by atoms with Crippen molar-refractivity contribution in [2.75, 3.05) is 13.1 Å². The average molecular weight is 415 g/mol. The molecule has 1 aromatic carbocycles. The van der Waals surface area contributed by atoms with Gasteiger partial charge in [0.25, 0.3) is 0 Å². The second-order valence-electron chi connectivity index (χ2n) is 9.93. The van der Waals surface area contributed by atoms with E-state index < -0.39 is 0 Å². The van der Waals surface area contributed by atoms with E-state index in [9.17, 15) is 4.79 Å². The van der Waals surface area contributed by atoms with E-state index in [1.807, 2.05) is 12.1 Å². The van der Waals surface area contributed by atoms with E-state index >= 15 is 0 Å². The molecule has 4 bridgehead atoms. The number of rotatable bonds is 2. The van der Waals surface area contributed by atoms with E-state index in [2.05, 4.69) is 11.0 Å². The monoisotopic (exact) mass is 414 g/mol. The molecular formula is C23H27ClN2OS. The highest BCUT2D eigenvalue weighted by Gasteiger charge is 2.55. The van der Waals surface area contributed by atoms with Crippen molar-refractivity contribution in [1.29, 1.82) is 0 Å². The van der Waals surface area contributed by atoms with E-state index in [1.54, 1.807) is 11.3 Å². The number of carbonyl (C=O) groups excluding carboxylic acids is 1. The molecule has 0 unspecified atom stereocenters. The predicted octanol–water partition coefficient (Wildman–Crippen LogP) is 5.87. The Morgan fingerprint density at radius 2 is 1.71 bits per heavy atom. The van der Waals surface area contributed by atoms with E-state index in [-0.39, 0.29) is 5.41 Å². The van der Waals surface area contributed by atoms with Gasteiger partial charge in [-0.3, -0.25) is 4.79 Å². The quantitative estimate of drug-likeness (QED) is 0.615. The maximum Gasteiger partial charge on any atom is 0.228 e. The molecule has 0 atom stereocenters. The third-order valence-corrected chi connectivity index (χ3v) is 9.42. The molecule has 5 heteroatoms. The van der Waals surface area contributed by atoms with Gasteiger partial charge >= 0.3 is 0 Å². The molecule has 28 heavy (non-hydrogen) atoms. The molecule has 1 amide bonds. The predicted molar refractivity (Wildman–Crippen MR) is 114 cm³/mol. The Morgan fingerprint density at radius 3 is 2.36 bits per heavy atom. The van der Waals surface area contributed by atoms with Gasteiger partial charge in [-0.1, -0.05) is 11.6 Å².